The molecule has 38 heavy (non-hydrogen) atoms. The molecule has 0 aromatic heterocycles. The average Bonchev–Trinajstić information content (AvgIpc) is 3.15. The van der Waals surface area contributed by atoms with Crippen molar-refractivity contribution in [2.45, 2.75) is 82.9 Å². The minimum atomic E-state index is -0.230. The molecule has 3 aromatic rings. The van der Waals surface area contributed by atoms with E-state index in [9.17, 15) is 0 Å². The summed E-state index contributed by atoms with van der Waals surface area (Å²) < 4.78 is 1.64. The SMILES string of the molecule is Cc1cc(C)c(C2=CN3C4(C)c5c(cccc5C5(C)[I-]C[C@]35CCC(C)C)-c3ccc(C)cc3N24)c(C)c1. The van der Waals surface area contributed by atoms with Crippen LogP contribution in [0.3, 0.4) is 0 Å². The van der Waals surface area contributed by atoms with E-state index in [4.69, 9.17) is 0 Å². The molecular formula is C35H40IN2-. The molecule has 3 heteroatoms. The van der Waals surface area contributed by atoms with Gasteiger partial charge in [-0.3, -0.25) is 0 Å². The molecule has 0 aliphatic carbocycles. The van der Waals surface area contributed by atoms with Crippen LogP contribution in [0, 0.1) is 33.6 Å². The summed E-state index contributed by atoms with van der Waals surface area (Å²) in [6.07, 6.45) is 5.16. The number of nitrogens with zero attached hydrogens (tertiary/aromatic N) is 2. The molecule has 0 amide bonds. The molecule has 3 aromatic carbocycles. The van der Waals surface area contributed by atoms with Gasteiger partial charge >= 0.3 is 240 Å². The topological polar surface area (TPSA) is 6.48 Å². The van der Waals surface area contributed by atoms with Gasteiger partial charge in [-0.2, -0.15) is 0 Å². The van der Waals surface area contributed by atoms with Crippen LogP contribution in [0.15, 0.2) is 54.7 Å². The molecule has 3 atom stereocenters. The summed E-state index contributed by atoms with van der Waals surface area (Å²) in [6, 6.07) is 19.1. The van der Waals surface area contributed by atoms with Crippen molar-refractivity contribution in [3.8, 4) is 11.1 Å². The Bertz CT molecular complexity index is 1530. The van der Waals surface area contributed by atoms with Crippen molar-refractivity contribution in [2.24, 2.45) is 5.92 Å². The van der Waals surface area contributed by atoms with Crippen LogP contribution in [0.4, 0.5) is 5.69 Å². The fourth-order valence-corrected chi connectivity index (χ4v) is 12.8. The molecule has 7 rings (SSSR count). The summed E-state index contributed by atoms with van der Waals surface area (Å²) in [5, 5.41) is 0. The first kappa shape index (κ1) is 24.7. The maximum absolute atomic E-state index is 2.90. The first-order valence-corrected chi connectivity index (χ1v) is 16.9. The number of anilines is 1. The Labute approximate surface area is 239 Å². The van der Waals surface area contributed by atoms with Crippen LogP contribution >= 0.6 is 0 Å². The molecule has 198 valence electrons. The molecule has 0 radical (unpaired) electrons. The zero-order chi connectivity index (χ0) is 26.8. The van der Waals surface area contributed by atoms with Gasteiger partial charge in [0.1, 0.15) is 0 Å². The van der Waals surface area contributed by atoms with Crippen molar-refractivity contribution in [3.63, 3.8) is 0 Å². The molecule has 4 aliphatic heterocycles. The zero-order valence-electron chi connectivity index (χ0n) is 24.2. The molecule has 1 saturated heterocycles. The second-order valence-corrected chi connectivity index (χ2v) is 16.7. The Balaban J connectivity index is 1.59. The predicted molar refractivity (Wildman–Crippen MR) is 156 cm³/mol. The number of hydrogen-bond acceptors (Lipinski definition) is 2. The second kappa shape index (κ2) is 7.90. The second-order valence-electron chi connectivity index (χ2n) is 13.0. The van der Waals surface area contributed by atoms with E-state index in [1.807, 2.05) is 0 Å². The molecule has 0 saturated carbocycles. The predicted octanol–water partition coefficient (Wildman–Crippen LogP) is 5.40. The molecule has 0 N–H and O–H groups in total. The number of halogens is 1. The third-order valence-electron chi connectivity index (χ3n) is 10.1. The summed E-state index contributed by atoms with van der Waals surface area (Å²) in [4.78, 5) is 5.65. The first-order chi connectivity index (χ1) is 18.0. The summed E-state index contributed by atoms with van der Waals surface area (Å²) in [5.41, 5.74) is 15.6. The van der Waals surface area contributed by atoms with Gasteiger partial charge in [0, 0.05) is 0 Å². The molecule has 0 spiro atoms. The van der Waals surface area contributed by atoms with Gasteiger partial charge in [-0.1, -0.05) is 0 Å². The monoisotopic (exact) mass is 615 g/mol. The van der Waals surface area contributed by atoms with Crippen LogP contribution in [-0.4, -0.2) is 14.9 Å². The Morgan fingerprint density at radius 1 is 0.895 bits per heavy atom. The molecule has 2 unspecified atom stereocenters. The van der Waals surface area contributed by atoms with Crippen molar-refractivity contribution in [3.05, 3.63) is 93.7 Å². The maximum atomic E-state index is 2.90. The van der Waals surface area contributed by atoms with E-state index in [-0.39, 0.29) is 35.8 Å². The fraction of sp³-hybridized carbons (Fsp3) is 0.429. The van der Waals surface area contributed by atoms with Gasteiger partial charge in [0.2, 0.25) is 0 Å². The summed E-state index contributed by atoms with van der Waals surface area (Å²) in [6.45, 7) is 19.0. The van der Waals surface area contributed by atoms with E-state index >= 15 is 0 Å². The van der Waals surface area contributed by atoms with Crippen LogP contribution in [0.5, 0.6) is 0 Å². The van der Waals surface area contributed by atoms with Crippen molar-refractivity contribution in [1.82, 2.24) is 4.90 Å². The number of alkyl halides is 2. The van der Waals surface area contributed by atoms with Crippen LogP contribution < -0.4 is 26.1 Å². The number of hydrogen-bond donors (Lipinski definition) is 0. The Kier molecular flexibility index (Phi) is 5.14. The number of aryl methyl sites for hydroxylation is 4. The molecule has 1 fully saturated rings. The van der Waals surface area contributed by atoms with Gasteiger partial charge < -0.3 is 0 Å². The van der Waals surface area contributed by atoms with Crippen LogP contribution in [0.25, 0.3) is 16.8 Å². The zero-order valence-corrected chi connectivity index (χ0v) is 26.3. The molecule has 0 bridgehead atoms. The van der Waals surface area contributed by atoms with E-state index in [1.165, 1.54) is 67.6 Å². The van der Waals surface area contributed by atoms with Crippen LogP contribution in [0.1, 0.15) is 79.5 Å². The third-order valence-corrected chi connectivity index (χ3v) is 14.8. The van der Waals surface area contributed by atoms with E-state index in [2.05, 4.69) is 120 Å². The van der Waals surface area contributed by atoms with Crippen molar-refractivity contribution < 1.29 is 21.2 Å². The molecule has 4 heterocycles. The van der Waals surface area contributed by atoms with Crippen molar-refractivity contribution in [1.29, 1.82) is 0 Å². The Morgan fingerprint density at radius 3 is 2.29 bits per heavy atom. The van der Waals surface area contributed by atoms with Gasteiger partial charge in [-0.25, -0.2) is 0 Å². The van der Waals surface area contributed by atoms with Gasteiger partial charge in [0.15, 0.2) is 0 Å². The summed E-state index contributed by atoms with van der Waals surface area (Å²) >= 11 is 0.0745. The van der Waals surface area contributed by atoms with Gasteiger partial charge in [-0.05, 0) is 0 Å². The molecular weight excluding hydrogens is 575 g/mol. The molecule has 4 aliphatic rings. The standard InChI is InChI=1S/C35H40IN2/c1-21(2)14-15-35-20-36-33(35,7)28-11-9-10-27-26-13-12-22(3)18-29(26)38-30(19-37(35)34(38,8)32(27)28)31-24(5)16-23(4)17-25(31)6/h9-13,16-19,21H,14-15,20H2,1-8H3/q-1/t33?,34?,35-/m0/s1. The first-order valence-electron chi connectivity index (χ1n) is 14.3. The Hall–Kier alpha value is -2.27. The Morgan fingerprint density at radius 2 is 1.63 bits per heavy atom. The van der Waals surface area contributed by atoms with Gasteiger partial charge in [-0.15, -0.1) is 0 Å². The quantitative estimate of drug-likeness (QED) is 0.287. The summed E-state index contributed by atoms with van der Waals surface area (Å²) in [7, 11) is 0. The van der Waals surface area contributed by atoms with Gasteiger partial charge in [0.05, 0.1) is 0 Å². The van der Waals surface area contributed by atoms with Crippen molar-refractivity contribution >= 4 is 11.4 Å². The molecule has 2 nitrogen and oxygen atoms in total. The van der Waals surface area contributed by atoms with Gasteiger partial charge in [0.25, 0.3) is 0 Å². The van der Waals surface area contributed by atoms with E-state index in [0.29, 0.717) is 5.92 Å². The van der Waals surface area contributed by atoms with E-state index in [1.54, 1.807) is 11.1 Å². The minimum absolute atomic E-state index is 0.0745. The van der Waals surface area contributed by atoms with E-state index < -0.39 is 0 Å². The summed E-state index contributed by atoms with van der Waals surface area (Å²) in [5.74, 6) is 0.714. The normalized spacial score (nSPS) is 28.3. The van der Waals surface area contributed by atoms with Crippen LogP contribution in [0.2, 0.25) is 0 Å². The average molecular weight is 616 g/mol. The van der Waals surface area contributed by atoms with Crippen molar-refractivity contribution in [2.75, 3.05) is 9.33 Å². The van der Waals surface area contributed by atoms with Crippen LogP contribution in [-0.2, 0) is 9.08 Å². The number of benzene rings is 3. The van der Waals surface area contributed by atoms with E-state index in [0.717, 1.165) is 0 Å². The third kappa shape index (κ3) is 2.84. The fourth-order valence-electron chi connectivity index (χ4n) is 8.26. The number of rotatable bonds is 4. The number of fused-ring (bicyclic) bond motifs is 6.